The summed E-state index contributed by atoms with van der Waals surface area (Å²) >= 11 is 12.6. The molecule has 23 heavy (non-hydrogen) atoms. The maximum atomic E-state index is 12.3. The van der Waals surface area contributed by atoms with E-state index >= 15 is 0 Å². The van der Waals surface area contributed by atoms with Gasteiger partial charge in [0.05, 0.1) is 32.6 Å². The molecule has 2 aromatic rings. The van der Waals surface area contributed by atoms with Crippen molar-refractivity contribution in [2.24, 2.45) is 4.99 Å². The smallest absolute Gasteiger partial charge is 0.245 e. The predicted octanol–water partition coefficient (Wildman–Crippen LogP) is 5.39. The van der Waals surface area contributed by atoms with Crippen LogP contribution in [0.3, 0.4) is 0 Å². The molecule has 1 atom stereocenters. The minimum Gasteiger partial charge on any atom is -0.245 e. The molecule has 2 rings (SSSR count). The lowest BCUT2D eigenvalue weighted by Gasteiger charge is -2.09. The van der Waals surface area contributed by atoms with Gasteiger partial charge in [0.15, 0.2) is 0 Å². The Morgan fingerprint density at radius 3 is 2.61 bits per heavy atom. The number of nitrogens with zero attached hydrogens (tertiary/aromatic N) is 3. The van der Waals surface area contributed by atoms with Crippen LogP contribution in [0, 0.1) is 0 Å². The van der Waals surface area contributed by atoms with Crippen LogP contribution in [0.15, 0.2) is 40.6 Å². The first-order valence-corrected chi connectivity index (χ1v) is 8.37. The number of hydrogen-bond acceptors (Lipinski definition) is 4. The van der Waals surface area contributed by atoms with E-state index in [9.17, 15) is 13.2 Å². The molecule has 0 saturated heterocycles. The second-order valence-electron chi connectivity index (χ2n) is 4.23. The summed E-state index contributed by atoms with van der Waals surface area (Å²) in [5, 5.41) is 0.385. The Hall–Kier alpha value is -0.880. The minimum absolute atomic E-state index is 0.149. The van der Waals surface area contributed by atoms with Gasteiger partial charge in [0.25, 0.3) is 0 Å². The molecule has 0 aliphatic rings. The number of aromatic nitrogens is 2. The molecule has 0 fully saturated rings. The second-order valence-corrected chi connectivity index (χ2v) is 6.61. The predicted molar refractivity (Wildman–Crippen MR) is 91.2 cm³/mol. The lowest BCUT2D eigenvalue weighted by atomic mass is 10.3. The molecule has 1 aromatic carbocycles. The van der Waals surface area contributed by atoms with E-state index in [0.29, 0.717) is 28.6 Å². The summed E-state index contributed by atoms with van der Waals surface area (Å²) in [6.07, 6.45) is -1.37. The summed E-state index contributed by atoms with van der Waals surface area (Å²) in [5.74, 6) is -1.04. The zero-order valence-corrected chi connectivity index (χ0v) is 14.8. The van der Waals surface area contributed by atoms with Gasteiger partial charge >= 0.3 is 6.18 Å². The fraction of sp³-hybridized carbons (Fsp3) is 0.154. The molecule has 1 aromatic heterocycles. The zero-order chi connectivity index (χ0) is 17.0. The fourth-order valence-electron chi connectivity index (χ4n) is 1.50. The maximum Gasteiger partial charge on any atom is 0.398 e. The van der Waals surface area contributed by atoms with E-state index in [1.807, 2.05) is 0 Å². The van der Waals surface area contributed by atoms with Crippen LogP contribution < -0.4 is 0 Å². The van der Waals surface area contributed by atoms with Crippen LogP contribution >= 0.6 is 44.2 Å². The van der Waals surface area contributed by atoms with Crippen molar-refractivity contribution in [3.8, 4) is 0 Å². The molecule has 1 unspecified atom stereocenters. The van der Waals surface area contributed by atoms with Gasteiger partial charge in [-0.25, -0.2) is 15.0 Å². The van der Waals surface area contributed by atoms with Crippen LogP contribution in [-0.2, 0) is 0 Å². The first-order chi connectivity index (χ1) is 10.8. The third-order valence-electron chi connectivity index (χ3n) is 2.48. The van der Waals surface area contributed by atoms with E-state index in [4.69, 9.17) is 23.2 Å². The Balaban J connectivity index is 2.32. The molecule has 0 aliphatic heterocycles. The van der Waals surface area contributed by atoms with Crippen molar-refractivity contribution in [2.75, 3.05) is 5.75 Å². The van der Waals surface area contributed by atoms with E-state index in [0.717, 1.165) is 0 Å². The van der Waals surface area contributed by atoms with Crippen molar-refractivity contribution in [3.63, 3.8) is 0 Å². The average Bonchev–Trinajstić information content (AvgIpc) is 2.48. The molecule has 0 saturated carbocycles. The first kappa shape index (κ1) is 18.5. The van der Waals surface area contributed by atoms with E-state index in [2.05, 4.69) is 24.2 Å². The van der Waals surface area contributed by atoms with Crippen LogP contribution in [-0.4, -0.2) is 27.3 Å². The van der Waals surface area contributed by atoms with Gasteiger partial charge in [0.2, 0.25) is 0 Å². The lowest BCUT2D eigenvalue weighted by Crippen LogP contribution is -2.10. The summed E-state index contributed by atoms with van der Waals surface area (Å²) in [6.45, 7) is 0. The van der Waals surface area contributed by atoms with Crippen LogP contribution in [0.5, 0.6) is 0 Å². The number of thioether (sulfide) groups is 1. The van der Waals surface area contributed by atoms with Crippen LogP contribution in [0.25, 0.3) is 0 Å². The molecule has 3 nitrogen and oxygen atoms in total. The second kappa shape index (κ2) is 7.79. The van der Waals surface area contributed by atoms with Crippen molar-refractivity contribution < 1.29 is 13.2 Å². The van der Waals surface area contributed by atoms with Gasteiger partial charge in [-0.2, -0.15) is 13.2 Å². The molecule has 122 valence electrons. The topological polar surface area (TPSA) is 38.1 Å². The van der Waals surface area contributed by atoms with Gasteiger partial charge in [-0.1, -0.05) is 32.4 Å². The van der Waals surface area contributed by atoms with E-state index < -0.39 is 11.9 Å². The zero-order valence-electron chi connectivity index (χ0n) is 11.3. The third-order valence-corrected chi connectivity index (χ3v) is 4.75. The fourth-order valence-corrected chi connectivity index (χ4v) is 3.11. The summed E-state index contributed by atoms with van der Waals surface area (Å²) in [7, 11) is 2.40. The van der Waals surface area contributed by atoms with Gasteiger partial charge in [-0.3, -0.25) is 0 Å². The van der Waals surface area contributed by atoms with Crippen molar-refractivity contribution in [2.45, 2.75) is 11.1 Å². The molecule has 0 N–H and O–H groups in total. The average molecular weight is 398 g/mol. The van der Waals surface area contributed by atoms with Crippen LogP contribution in [0.2, 0.25) is 10.0 Å². The van der Waals surface area contributed by atoms with Crippen LogP contribution in [0.1, 0.15) is 5.69 Å². The Kier molecular flexibility index (Phi) is 6.26. The van der Waals surface area contributed by atoms with Gasteiger partial charge < -0.3 is 0 Å². The van der Waals surface area contributed by atoms with Gasteiger partial charge in [-0.05, 0) is 18.2 Å². The Morgan fingerprint density at radius 1 is 1.26 bits per heavy atom. The molecular formula is C13H9Cl2F3N3PS. The van der Waals surface area contributed by atoms with Crippen molar-refractivity contribution in [1.29, 1.82) is 0 Å². The lowest BCUT2D eigenvalue weighted by molar-refractivity contribution is -0.105. The summed E-state index contributed by atoms with van der Waals surface area (Å²) in [6, 6.07) is 4.44. The van der Waals surface area contributed by atoms with Crippen molar-refractivity contribution in [1.82, 2.24) is 9.97 Å². The quantitative estimate of drug-likeness (QED) is 0.394. The standard InChI is InChI=1S/C13H9Cl2F3N3PS/c14-7-3-8(15)11(23-5-13(16,17)18)4-10(7)21-12(22)9-1-2-19-6-20-9/h1-4,6H,5,22H2/b21-12-. The Bertz CT molecular complexity index is 726. The maximum absolute atomic E-state index is 12.3. The summed E-state index contributed by atoms with van der Waals surface area (Å²) in [4.78, 5) is 12.4. The van der Waals surface area contributed by atoms with E-state index in [1.165, 1.54) is 18.5 Å². The molecule has 0 radical (unpaired) electrons. The Labute approximate surface area is 146 Å². The Morgan fingerprint density at radius 2 is 2.00 bits per heavy atom. The molecule has 1 heterocycles. The van der Waals surface area contributed by atoms with Gasteiger partial charge in [-0.15, -0.1) is 11.8 Å². The number of aliphatic imine (C=N–C) groups is 1. The number of alkyl halides is 3. The minimum atomic E-state index is -4.29. The number of benzene rings is 1. The van der Waals surface area contributed by atoms with Crippen molar-refractivity contribution >= 4 is 55.3 Å². The SMILES string of the molecule is FC(F)(F)CSc1cc(/N=C(\P)c2ccncn2)c(Cl)cc1Cl. The first-order valence-electron chi connectivity index (χ1n) is 6.05. The highest BCUT2D eigenvalue weighted by Crippen LogP contribution is 2.38. The monoisotopic (exact) mass is 397 g/mol. The molecule has 10 heteroatoms. The molecule has 0 amide bonds. The molecular weight excluding hydrogens is 389 g/mol. The summed E-state index contributed by atoms with van der Waals surface area (Å²) in [5.41, 5.74) is 1.34. The highest BCUT2D eigenvalue weighted by atomic mass is 35.5. The van der Waals surface area contributed by atoms with E-state index in [1.54, 1.807) is 12.3 Å². The molecule has 0 bridgehead atoms. The number of halogens is 5. The number of rotatable bonds is 4. The van der Waals surface area contributed by atoms with Crippen LogP contribution in [0.4, 0.5) is 18.9 Å². The molecule has 0 aliphatic carbocycles. The third kappa shape index (κ3) is 5.60. The molecule has 0 spiro atoms. The highest BCUT2D eigenvalue weighted by molar-refractivity contribution is 7.99. The normalized spacial score (nSPS) is 12.5. The number of hydrogen-bond donors (Lipinski definition) is 0. The van der Waals surface area contributed by atoms with Crippen molar-refractivity contribution in [3.05, 3.63) is 46.5 Å². The highest BCUT2D eigenvalue weighted by Gasteiger charge is 2.27. The van der Waals surface area contributed by atoms with Gasteiger partial charge in [0.1, 0.15) is 6.33 Å². The van der Waals surface area contributed by atoms with E-state index in [-0.39, 0.29) is 14.9 Å². The largest absolute Gasteiger partial charge is 0.398 e. The summed E-state index contributed by atoms with van der Waals surface area (Å²) < 4.78 is 37.0. The van der Waals surface area contributed by atoms with Gasteiger partial charge in [0, 0.05) is 11.1 Å².